The molecule has 3 rings (SSSR count). The second-order valence-corrected chi connectivity index (χ2v) is 10.3. The van der Waals surface area contributed by atoms with Gasteiger partial charge in [0.15, 0.2) is 5.17 Å². The molecule has 0 fully saturated rings. The predicted molar refractivity (Wildman–Crippen MR) is 132 cm³/mol. The van der Waals surface area contributed by atoms with Crippen molar-refractivity contribution < 1.29 is 19.1 Å². The average Bonchev–Trinajstić information content (AvgIpc) is 3.11. The molecule has 178 valence electrons. The molecule has 1 aromatic rings. The van der Waals surface area contributed by atoms with Gasteiger partial charge in [-0.15, -0.1) is 0 Å². The molecule has 8 heteroatoms. The lowest BCUT2D eigenvalue weighted by Crippen LogP contribution is -2.39. The highest BCUT2D eigenvalue weighted by Crippen LogP contribution is 2.47. The molecule has 1 aromatic carbocycles. The molecule has 0 unspecified atom stereocenters. The Morgan fingerprint density at radius 1 is 1.24 bits per heavy atom. The monoisotopic (exact) mass is 471 g/mol. The summed E-state index contributed by atoms with van der Waals surface area (Å²) in [5.41, 5.74) is 1.97. The van der Waals surface area contributed by atoms with Crippen LogP contribution in [-0.4, -0.2) is 41.2 Å². The molecule has 1 N–H and O–H groups in total. The van der Waals surface area contributed by atoms with Crippen molar-refractivity contribution in [1.82, 2.24) is 10.2 Å². The van der Waals surface area contributed by atoms with Crippen molar-refractivity contribution in [3.05, 3.63) is 52.2 Å². The van der Waals surface area contributed by atoms with Gasteiger partial charge in [0.2, 0.25) is 5.91 Å². The van der Waals surface area contributed by atoms with Crippen LogP contribution in [0.4, 0.5) is 0 Å². The maximum absolute atomic E-state index is 13.4. The zero-order chi connectivity index (χ0) is 24.3. The average molecular weight is 472 g/mol. The molecule has 0 bridgehead atoms. The maximum Gasteiger partial charge on any atom is 0.338 e. The standard InChI is InChI=1S/C25H33N3O4S/c1-15(2)13-26-20(29)12-17-14-33-24-27-16(3)21(23(30)32-25(4,5)6)22(28(17)24)18-10-8-9-11-19(18)31-7/h8-11,14-15,22H,12-13H2,1-7H3,(H,26,29)/t22-/m1/s1. The number of amides is 1. The van der Waals surface area contributed by atoms with E-state index in [9.17, 15) is 9.59 Å². The fraction of sp³-hybridized carbons (Fsp3) is 0.480. The maximum atomic E-state index is 13.4. The molecule has 33 heavy (non-hydrogen) atoms. The van der Waals surface area contributed by atoms with Crippen LogP contribution in [0, 0.1) is 5.92 Å². The highest BCUT2D eigenvalue weighted by Gasteiger charge is 2.42. The summed E-state index contributed by atoms with van der Waals surface area (Å²) in [4.78, 5) is 32.7. The summed E-state index contributed by atoms with van der Waals surface area (Å²) in [6.45, 7) is 12.1. The van der Waals surface area contributed by atoms with Gasteiger partial charge in [-0.05, 0) is 45.1 Å². The zero-order valence-electron chi connectivity index (χ0n) is 20.4. The molecule has 0 radical (unpaired) electrons. The van der Waals surface area contributed by atoms with Gasteiger partial charge in [0.1, 0.15) is 11.4 Å². The number of rotatable bonds is 7. The molecular formula is C25H33N3O4S. The van der Waals surface area contributed by atoms with Crippen LogP contribution in [0.2, 0.25) is 0 Å². The van der Waals surface area contributed by atoms with Crippen LogP contribution in [-0.2, 0) is 14.3 Å². The first-order valence-electron chi connectivity index (χ1n) is 11.1. The lowest BCUT2D eigenvalue weighted by molar-refractivity contribution is -0.150. The van der Waals surface area contributed by atoms with E-state index in [-0.39, 0.29) is 12.3 Å². The van der Waals surface area contributed by atoms with E-state index in [1.807, 2.05) is 62.3 Å². The first kappa shape index (κ1) is 24.9. The Balaban J connectivity index is 2.05. The number of aliphatic imine (C=N–C) groups is 1. The molecule has 2 aliphatic heterocycles. The number of esters is 1. The largest absolute Gasteiger partial charge is 0.496 e. The molecular weight excluding hydrogens is 438 g/mol. The second-order valence-electron chi connectivity index (χ2n) is 9.51. The third-order valence-corrected chi connectivity index (χ3v) is 5.99. The van der Waals surface area contributed by atoms with E-state index in [1.165, 1.54) is 11.8 Å². The lowest BCUT2D eigenvalue weighted by atomic mass is 9.93. The summed E-state index contributed by atoms with van der Waals surface area (Å²) in [5.74, 6) is 0.511. The van der Waals surface area contributed by atoms with Crippen LogP contribution in [0.1, 0.15) is 59.6 Å². The predicted octanol–water partition coefficient (Wildman–Crippen LogP) is 4.77. The van der Waals surface area contributed by atoms with Crippen molar-refractivity contribution in [2.75, 3.05) is 13.7 Å². The quantitative estimate of drug-likeness (QED) is 0.577. The molecule has 0 saturated carbocycles. The number of para-hydroxylation sites is 1. The van der Waals surface area contributed by atoms with Crippen molar-refractivity contribution in [2.45, 2.75) is 59.6 Å². The number of carbonyl (C=O) groups excluding carboxylic acids is 2. The van der Waals surface area contributed by atoms with Crippen LogP contribution in [0.25, 0.3) is 0 Å². The number of hydrogen-bond donors (Lipinski definition) is 1. The van der Waals surface area contributed by atoms with E-state index >= 15 is 0 Å². The van der Waals surface area contributed by atoms with Crippen molar-refractivity contribution in [3.63, 3.8) is 0 Å². The molecule has 0 saturated heterocycles. The second kappa shape index (κ2) is 10.0. The van der Waals surface area contributed by atoms with E-state index in [0.29, 0.717) is 29.5 Å². The summed E-state index contributed by atoms with van der Waals surface area (Å²) in [7, 11) is 1.61. The molecule has 0 aliphatic carbocycles. The number of hydrogen-bond acceptors (Lipinski definition) is 7. The number of nitrogens with zero attached hydrogens (tertiary/aromatic N) is 2. The number of carbonyl (C=O) groups is 2. The molecule has 1 amide bonds. The minimum atomic E-state index is -0.658. The summed E-state index contributed by atoms with van der Waals surface area (Å²) in [6.07, 6.45) is 0.186. The van der Waals surface area contributed by atoms with Crippen molar-refractivity contribution in [1.29, 1.82) is 0 Å². The van der Waals surface area contributed by atoms with E-state index in [2.05, 4.69) is 19.2 Å². The van der Waals surface area contributed by atoms with Crippen LogP contribution in [0.3, 0.4) is 0 Å². The first-order chi connectivity index (χ1) is 15.5. The number of nitrogens with one attached hydrogen (secondary N) is 1. The fourth-order valence-corrected chi connectivity index (χ4v) is 4.66. The van der Waals surface area contributed by atoms with Gasteiger partial charge in [0.05, 0.1) is 30.8 Å². The minimum Gasteiger partial charge on any atom is -0.496 e. The molecule has 7 nitrogen and oxygen atoms in total. The molecule has 2 heterocycles. The summed E-state index contributed by atoms with van der Waals surface area (Å²) in [5, 5.41) is 5.63. The van der Waals surface area contributed by atoms with Gasteiger partial charge >= 0.3 is 5.97 Å². The van der Waals surface area contributed by atoms with Gasteiger partial charge in [-0.2, -0.15) is 0 Å². The van der Waals surface area contributed by atoms with Crippen LogP contribution in [0.15, 0.2) is 51.6 Å². The first-order valence-corrected chi connectivity index (χ1v) is 12.0. The number of fused-ring (bicyclic) bond motifs is 1. The van der Waals surface area contributed by atoms with Gasteiger partial charge in [-0.25, -0.2) is 9.79 Å². The van der Waals surface area contributed by atoms with Gasteiger partial charge in [0.25, 0.3) is 0 Å². The number of benzene rings is 1. The SMILES string of the molecule is COc1ccccc1[C@@H]1C(C(=O)OC(C)(C)C)=C(C)N=C2SC=C(CC(=O)NCC(C)C)N21. The van der Waals surface area contributed by atoms with Gasteiger partial charge in [-0.3, -0.25) is 4.79 Å². The third-order valence-electron chi connectivity index (χ3n) is 5.10. The third kappa shape index (κ3) is 5.79. The molecule has 0 aromatic heterocycles. The number of allylic oxidation sites excluding steroid dienone is 1. The Morgan fingerprint density at radius 3 is 2.58 bits per heavy atom. The Bertz CT molecular complexity index is 1020. The van der Waals surface area contributed by atoms with Gasteiger partial charge in [0, 0.05) is 17.8 Å². The summed E-state index contributed by atoms with van der Waals surface area (Å²) >= 11 is 1.45. The van der Waals surface area contributed by atoms with E-state index in [4.69, 9.17) is 14.5 Å². The Labute approximate surface area is 200 Å². The fourth-order valence-electron chi connectivity index (χ4n) is 3.70. The number of ether oxygens (including phenoxy) is 2. The highest BCUT2D eigenvalue weighted by molar-refractivity contribution is 8.16. The van der Waals surface area contributed by atoms with E-state index < -0.39 is 17.6 Å². The van der Waals surface area contributed by atoms with Crippen LogP contribution in [0.5, 0.6) is 5.75 Å². The Kier molecular flexibility index (Phi) is 7.57. The smallest absolute Gasteiger partial charge is 0.338 e. The summed E-state index contributed by atoms with van der Waals surface area (Å²) < 4.78 is 11.4. The topological polar surface area (TPSA) is 80.2 Å². The van der Waals surface area contributed by atoms with Crippen molar-refractivity contribution >= 4 is 28.8 Å². The van der Waals surface area contributed by atoms with Crippen LogP contribution < -0.4 is 10.1 Å². The lowest BCUT2D eigenvalue weighted by Gasteiger charge is -2.37. The van der Waals surface area contributed by atoms with Gasteiger partial charge in [-0.1, -0.05) is 43.8 Å². The van der Waals surface area contributed by atoms with Crippen molar-refractivity contribution in [3.8, 4) is 5.75 Å². The highest BCUT2D eigenvalue weighted by atomic mass is 32.2. The number of amidine groups is 1. The normalized spacial score (nSPS) is 18.1. The Morgan fingerprint density at radius 2 is 1.94 bits per heavy atom. The van der Waals surface area contributed by atoms with Crippen molar-refractivity contribution in [2.24, 2.45) is 10.9 Å². The van der Waals surface area contributed by atoms with Gasteiger partial charge < -0.3 is 19.7 Å². The summed E-state index contributed by atoms with van der Waals surface area (Å²) in [6, 6.07) is 7.07. The van der Waals surface area contributed by atoms with E-state index in [0.717, 1.165) is 16.4 Å². The number of methoxy groups -OCH3 is 1. The number of thioether (sulfide) groups is 1. The minimum absolute atomic E-state index is 0.0688. The molecule has 0 spiro atoms. The Hall–Kier alpha value is -2.74. The van der Waals surface area contributed by atoms with E-state index in [1.54, 1.807) is 7.11 Å². The van der Waals surface area contributed by atoms with Crippen LogP contribution >= 0.6 is 11.8 Å². The molecule has 1 atom stereocenters. The zero-order valence-corrected chi connectivity index (χ0v) is 21.2. The molecule has 2 aliphatic rings.